The lowest BCUT2D eigenvalue weighted by atomic mass is 10.0. The summed E-state index contributed by atoms with van der Waals surface area (Å²) in [7, 11) is 1.69. The van der Waals surface area contributed by atoms with E-state index in [0.717, 1.165) is 12.8 Å². The summed E-state index contributed by atoms with van der Waals surface area (Å²) in [5, 5.41) is 9.54. The number of nitrogens with zero attached hydrogens (tertiary/aromatic N) is 1. The smallest absolute Gasteiger partial charge is 0.253 e. The molecule has 0 aromatic rings. The first-order chi connectivity index (χ1) is 7.45. The Morgan fingerprint density at radius 1 is 1.31 bits per heavy atom. The van der Waals surface area contributed by atoms with Crippen molar-refractivity contribution in [2.75, 3.05) is 20.2 Å². The number of ether oxygens (including phenoxy) is 1. The van der Waals surface area contributed by atoms with E-state index < -0.39 is 5.60 Å². The highest BCUT2D eigenvalue weighted by Gasteiger charge is 2.31. The third-order valence-electron chi connectivity index (χ3n) is 2.59. The number of likely N-dealkylation sites (tertiary alicyclic amines) is 1. The molecule has 1 rings (SSSR count). The van der Waals surface area contributed by atoms with E-state index >= 15 is 0 Å². The number of hydrogen-bond donors (Lipinski definition) is 1. The highest BCUT2D eigenvalue weighted by molar-refractivity contribution is 5.84. The molecule has 1 N–H and O–H groups in total. The molecular formula is C12H25NO3. The van der Waals surface area contributed by atoms with E-state index in [1.54, 1.807) is 12.0 Å². The van der Waals surface area contributed by atoms with Crippen LogP contribution in [-0.2, 0) is 9.53 Å². The Hall–Kier alpha value is -0.610. The lowest BCUT2D eigenvalue weighted by Gasteiger charge is -2.34. The second kappa shape index (κ2) is 6.86. The van der Waals surface area contributed by atoms with Crippen molar-refractivity contribution in [1.29, 1.82) is 0 Å². The summed E-state index contributed by atoms with van der Waals surface area (Å²) in [4.78, 5) is 13.4. The molecule has 0 radical (unpaired) electrons. The topological polar surface area (TPSA) is 49.8 Å². The van der Waals surface area contributed by atoms with Gasteiger partial charge in [0, 0.05) is 20.2 Å². The van der Waals surface area contributed by atoms with Gasteiger partial charge in [-0.1, -0.05) is 13.8 Å². The SMILES string of the molecule is CC.COC1CCN(C(=O)C(C)(C)O)CC1. The van der Waals surface area contributed by atoms with Crippen LogP contribution in [0.2, 0.25) is 0 Å². The minimum atomic E-state index is -1.25. The average Bonchev–Trinajstić information content (AvgIpc) is 2.30. The van der Waals surface area contributed by atoms with E-state index in [-0.39, 0.29) is 12.0 Å². The standard InChI is InChI=1S/C10H19NO3.C2H6/c1-10(2,13)9(12)11-6-4-8(14-3)5-7-11;1-2/h8,13H,4-7H2,1-3H3;1-2H3. The van der Waals surface area contributed by atoms with E-state index in [2.05, 4.69) is 0 Å². The Balaban J connectivity index is 0.00000106. The van der Waals surface area contributed by atoms with Crippen LogP contribution in [0, 0.1) is 0 Å². The Labute approximate surface area is 98.6 Å². The lowest BCUT2D eigenvalue weighted by molar-refractivity contribution is -0.150. The first-order valence-corrected chi connectivity index (χ1v) is 5.99. The van der Waals surface area contributed by atoms with Crippen molar-refractivity contribution in [3.63, 3.8) is 0 Å². The molecule has 1 aliphatic rings. The summed E-state index contributed by atoms with van der Waals surface area (Å²) in [6, 6.07) is 0. The number of carbonyl (C=O) groups excluding carboxylic acids is 1. The highest BCUT2D eigenvalue weighted by atomic mass is 16.5. The number of amides is 1. The van der Waals surface area contributed by atoms with Gasteiger partial charge in [0.2, 0.25) is 0 Å². The van der Waals surface area contributed by atoms with E-state index in [1.165, 1.54) is 13.8 Å². The quantitative estimate of drug-likeness (QED) is 0.782. The Bertz CT molecular complexity index is 203. The molecule has 1 amide bonds. The van der Waals surface area contributed by atoms with Gasteiger partial charge >= 0.3 is 0 Å². The van der Waals surface area contributed by atoms with E-state index in [1.807, 2.05) is 13.8 Å². The average molecular weight is 231 g/mol. The van der Waals surface area contributed by atoms with Gasteiger partial charge < -0.3 is 14.7 Å². The summed E-state index contributed by atoms with van der Waals surface area (Å²) in [6.07, 6.45) is 1.98. The van der Waals surface area contributed by atoms with Crippen LogP contribution in [-0.4, -0.2) is 47.8 Å². The molecular weight excluding hydrogens is 206 g/mol. The maximum atomic E-state index is 11.6. The van der Waals surface area contributed by atoms with Crippen molar-refractivity contribution in [2.24, 2.45) is 0 Å². The van der Waals surface area contributed by atoms with Crippen molar-refractivity contribution in [3.8, 4) is 0 Å². The van der Waals surface area contributed by atoms with Gasteiger partial charge in [0.05, 0.1) is 6.10 Å². The van der Waals surface area contributed by atoms with Crippen LogP contribution in [0.1, 0.15) is 40.5 Å². The summed E-state index contributed by atoms with van der Waals surface area (Å²) in [6.45, 7) is 8.41. The van der Waals surface area contributed by atoms with Crippen LogP contribution in [0.3, 0.4) is 0 Å². The molecule has 1 heterocycles. The molecule has 16 heavy (non-hydrogen) atoms. The van der Waals surface area contributed by atoms with Crippen LogP contribution in [0.5, 0.6) is 0 Å². The predicted octanol–water partition coefficient (Wildman–Crippen LogP) is 1.42. The molecule has 0 spiro atoms. The van der Waals surface area contributed by atoms with Gasteiger partial charge in [0.15, 0.2) is 0 Å². The Morgan fingerprint density at radius 2 is 1.75 bits per heavy atom. The van der Waals surface area contributed by atoms with Gasteiger partial charge in [-0.3, -0.25) is 4.79 Å². The predicted molar refractivity (Wildman–Crippen MR) is 64.3 cm³/mol. The Morgan fingerprint density at radius 3 is 2.06 bits per heavy atom. The first kappa shape index (κ1) is 15.4. The molecule has 0 atom stereocenters. The third-order valence-corrected chi connectivity index (χ3v) is 2.59. The minimum Gasteiger partial charge on any atom is -0.381 e. The second-order valence-corrected chi connectivity index (χ2v) is 4.29. The van der Waals surface area contributed by atoms with Gasteiger partial charge in [-0.2, -0.15) is 0 Å². The fourth-order valence-electron chi connectivity index (χ4n) is 1.68. The zero-order chi connectivity index (χ0) is 12.8. The third kappa shape index (κ3) is 4.49. The largest absolute Gasteiger partial charge is 0.381 e. The molecule has 0 aliphatic carbocycles. The van der Waals surface area contributed by atoms with Gasteiger partial charge in [0.1, 0.15) is 5.60 Å². The van der Waals surface area contributed by atoms with Crippen molar-refractivity contribution in [2.45, 2.75) is 52.2 Å². The summed E-state index contributed by atoms with van der Waals surface area (Å²) < 4.78 is 5.20. The molecule has 0 saturated carbocycles. The van der Waals surface area contributed by atoms with Gasteiger partial charge in [-0.15, -0.1) is 0 Å². The van der Waals surface area contributed by atoms with E-state index in [0.29, 0.717) is 13.1 Å². The van der Waals surface area contributed by atoms with Crippen molar-refractivity contribution in [1.82, 2.24) is 4.90 Å². The summed E-state index contributed by atoms with van der Waals surface area (Å²) >= 11 is 0. The maximum absolute atomic E-state index is 11.6. The van der Waals surface area contributed by atoms with Crippen LogP contribution < -0.4 is 0 Å². The number of methoxy groups -OCH3 is 1. The zero-order valence-electron chi connectivity index (χ0n) is 11.1. The van der Waals surface area contributed by atoms with Crippen LogP contribution in [0.25, 0.3) is 0 Å². The maximum Gasteiger partial charge on any atom is 0.253 e. The van der Waals surface area contributed by atoms with Gasteiger partial charge in [-0.05, 0) is 26.7 Å². The number of aliphatic hydroxyl groups is 1. The fourth-order valence-corrected chi connectivity index (χ4v) is 1.68. The monoisotopic (exact) mass is 231 g/mol. The molecule has 1 aliphatic heterocycles. The van der Waals surface area contributed by atoms with Crippen LogP contribution in [0.15, 0.2) is 0 Å². The van der Waals surface area contributed by atoms with Crippen LogP contribution in [0.4, 0.5) is 0 Å². The molecule has 0 unspecified atom stereocenters. The highest BCUT2D eigenvalue weighted by Crippen LogP contribution is 2.16. The molecule has 4 heteroatoms. The van der Waals surface area contributed by atoms with Gasteiger partial charge in [-0.25, -0.2) is 0 Å². The molecule has 0 bridgehead atoms. The zero-order valence-corrected chi connectivity index (χ0v) is 11.1. The summed E-state index contributed by atoms with van der Waals surface area (Å²) in [5.74, 6) is -0.188. The van der Waals surface area contributed by atoms with Gasteiger partial charge in [0.25, 0.3) is 5.91 Å². The number of hydrogen-bond acceptors (Lipinski definition) is 3. The second-order valence-electron chi connectivity index (χ2n) is 4.29. The molecule has 0 aromatic heterocycles. The van der Waals surface area contributed by atoms with Crippen molar-refractivity contribution < 1.29 is 14.6 Å². The molecule has 1 saturated heterocycles. The number of carbonyl (C=O) groups is 1. The molecule has 96 valence electrons. The Kier molecular flexibility index (Phi) is 6.60. The van der Waals surface area contributed by atoms with Crippen molar-refractivity contribution >= 4 is 5.91 Å². The number of piperidine rings is 1. The van der Waals surface area contributed by atoms with E-state index in [9.17, 15) is 9.90 Å². The fraction of sp³-hybridized carbons (Fsp3) is 0.917. The summed E-state index contributed by atoms with van der Waals surface area (Å²) in [5.41, 5.74) is -1.25. The lowest BCUT2D eigenvalue weighted by Crippen LogP contribution is -2.49. The van der Waals surface area contributed by atoms with Crippen LogP contribution >= 0.6 is 0 Å². The number of rotatable bonds is 2. The molecule has 0 aromatic carbocycles. The van der Waals surface area contributed by atoms with E-state index in [4.69, 9.17) is 4.74 Å². The normalized spacial score (nSPS) is 17.8. The molecule has 4 nitrogen and oxygen atoms in total. The first-order valence-electron chi connectivity index (χ1n) is 5.99. The molecule has 1 fully saturated rings. The minimum absolute atomic E-state index is 0.188. The van der Waals surface area contributed by atoms with Crippen molar-refractivity contribution in [3.05, 3.63) is 0 Å².